The van der Waals surface area contributed by atoms with Gasteiger partial charge in [-0.25, -0.2) is 21.6 Å². The fraction of sp³-hybridized carbons (Fsp3) is 0.458. The topological polar surface area (TPSA) is 122 Å². The van der Waals surface area contributed by atoms with E-state index in [1.807, 2.05) is 13.8 Å². The molecule has 9 nitrogen and oxygen atoms in total. The standard InChI is InChI=1S/C24H33N3O6S2/c1-18(2)15-26-34(29,30)22-10-11-23(19(3)14-22)33-17-24(28)25-16-20-6-8-21(9-7-20)35(31,32)27-12-4-5-13-27/h6-11,14,18,26H,4-5,12-13,15-17H2,1-3H3,(H,25,28). The number of hydrogen-bond donors (Lipinski definition) is 2. The molecule has 1 aliphatic heterocycles. The first-order valence-corrected chi connectivity index (χ1v) is 14.5. The van der Waals surface area contributed by atoms with Crippen molar-refractivity contribution in [2.45, 2.75) is 49.9 Å². The van der Waals surface area contributed by atoms with Gasteiger partial charge in [0.2, 0.25) is 20.0 Å². The second kappa shape index (κ2) is 11.5. The minimum atomic E-state index is -3.61. The van der Waals surface area contributed by atoms with Gasteiger partial charge in [-0.2, -0.15) is 4.31 Å². The average Bonchev–Trinajstić information content (AvgIpc) is 3.37. The van der Waals surface area contributed by atoms with Crippen LogP contribution in [0.1, 0.15) is 37.8 Å². The number of sulfonamides is 2. The first-order chi connectivity index (χ1) is 16.5. The Morgan fingerprint density at radius 1 is 1.00 bits per heavy atom. The fourth-order valence-electron chi connectivity index (χ4n) is 3.56. The van der Waals surface area contributed by atoms with Crippen LogP contribution in [0.2, 0.25) is 0 Å². The number of rotatable bonds is 11. The molecule has 0 radical (unpaired) electrons. The number of hydrogen-bond acceptors (Lipinski definition) is 6. The van der Waals surface area contributed by atoms with Crippen molar-refractivity contribution in [3.63, 3.8) is 0 Å². The summed E-state index contributed by atoms with van der Waals surface area (Å²) < 4.78 is 59.6. The van der Waals surface area contributed by atoms with Gasteiger partial charge in [-0.1, -0.05) is 26.0 Å². The number of amides is 1. The zero-order valence-corrected chi connectivity index (χ0v) is 21.9. The van der Waals surface area contributed by atoms with Crippen LogP contribution in [0.5, 0.6) is 5.75 Å². The first-order valence-electron chi connectivity index (χ1n) is 11.6. The maximum atomic E-state index is 12.6. The number of ether oxygens (including phenoxy) is 1. The summed E-state index contributed by atoms with van der Waals surface area (Å²) in [4.78, 5) is 12.6. The lowest BCUT2D eigenvalue weighted by molar-refractivity contribution is -0.123. The monoisotopic (exact) mass is 523 g/mol. The SMILES string of the molecule is Cc1cc(S(=O)(=O)NCC(C)C)ccc1OCC(=O)NCc1ccc(S(=O)(=O)N2CCCC2)cc1. The quantitative estimate of drug-likeness (QED) is 0.467. The van der Waals surface area contributed by atoms with Gasteiger partial charge in [0.1, 0.15) is 5.75 Å². The first kappa shape index (κ1) is 27.1. The third-order valence-electron chi connectivity index (χ3n) is 5.61. The predicted molar refractivity (Wildman–Crippen MR) is 133 cm³/mol. The summed E-state index contributed by atoms with van der Waals surface area (Å²) in [6.07, 6.45) is 1.76. The summed E-state index contributed by atoms with van der Waals surface area (Å²) in [5.74, 6) is 0.251. The van der Waals surface area contributed by atoms with E-state index >= 15 is 0 Å². The summed E-state index contributed by atoms with van der Waals surface area (Å²) in [5, 5.41) is 2.74. The van der Waals surface area contributed by atoms with E-state index in [1.165, 1.54) is 22.5 Å². The molecular weight excluding hydrogens is 490 g/mol. The minimum Gasteiger partial charge on any atom is -0.484 e. The molecule has 0 saturated carbocycles. The van der Waals surface area contributed by atoms with Crippen LogP contribution in [0.25, 0.3) is 0 Å². The number of carbonyl (C=O) groups is 1. The molecule has 192 valence electrons. The van der Waals surface area contributed by atoms with Gasteiger partial charge in [-0.3, -0.25) is 4.79 Å². The van der Waals surface area contributed by atoms with Gasteiger partial charge < -0.3 is 10.1 Å². The van der Waals surface area contributed by atoms with E-state index in [2.05, 4.69) is 10.0 Å². The van der Waals surface area contributed by atoms with Crippen LogP contribution in [0, 0.1) is 12.8 Å². The maximum absolute atomic E-state index is 12.6. The Balaban J connectivity index is 1.50. The van der Waals surface area contributed by atoms with Crippen molar-refractivity contribution in [3.05, 3.63) is 53.6 Å². The summed E-state index contributed by atoms with van der Waals surface area (Å²) in [5.41, 5.74) is 1.36. The lowest BCUT2D eigenvalue weighted by Gasteiger charge is -2.15. The fourth-order valence-corrected chi connectivity index (χ4v) is 6.38. The van der Waals surface area contributed by atoms with E-state index in [0.29, 0.717) is 30.9 Å². The third kappa shape index (κ3) is 7.26. The Labute approximate surface area is 208 Å². The molecule has 1 saturated heterocycles. The van der Waals surface area contributed by atoms with Crippen molar-refractivity contribution < 1.29 is 26.4 Å². The van der Waals surface area contributed by atoms with E-state index in [-0.39, 0.29) is 34.8 Å². The zero-order valence-electron chi connectivity index (χ0n) is 20.3. The second-order valence-electron chi connectivity index (χ2n) is 8.99. The summed E-state index contributed by atoms with van der Waals surface area (Å²) in [7, 11) is -7.07. The van der Waals surface area contributed by atoms with Gasteiger partial charge in [0.05, 0.1) is 9.79 Å². The number of nitrogens with zero attached hydrogens (tertiary/aromatic N) is 1. The van der Waals surface area contributed by atoms with E-state index in [0.717, 1.165) is 18.4 Å². The Bertz CT molecular complexity index is 1240. The predicted octanol–water partition coefficient (Wildman–Crippen LogP) is 2.41. The molecule has 0 aliphatic carbocycles. The lowest BCUT2D eigenvalue weighted by Crippen LogP contribution is -2.29. The van der Waals surface area contributed by atoms with Gasteiger partial charge in [0.25, 0.3) is 5.91 Å². The molecule has 0 bridgehead atoms. The molecule has 2 aromatic carbocycles. The molecule has 1 amide bonds. The van der Waals surface area contributed by atoms with Gasteiger partial charge in [-0.15, -0.1) is 0 Å². The molecule has 2 aromatic rings. The minimum absolute atomic E-state index is 0.141. The molecule has 0 unspecified atom stereocenters. The largest absolute Gasteiger partial charge is 0.484 e. The van der Waals surface area contributed by atoms with Crippen molar-refractivity contribution in [1.29, 1.82) is 0 Å². The smallest absolute Gasteiger partial charge is 0.258 e. The maximum Gasteiger partial charge on any atom is 0.258 e. The lowest BCUT2D eigenvalue weighted by atomic mass is 10.2. The van der Waals surface area contributed by atoms with Crippen LogP contribution in [-0.2, 0) is 31.4 Å². The van der Waals surface area contributed by atoms with E-state index in [9.17, 15) is 21.6 Å². The van der Waals surface area contributed by atoms with Crippen LogP contribution in [0.15, 0.2) is 52.3 Å². The van der Waals surface area contributed by atoms with Gasteiger partial charge in [0.15, 0.2) is 6.61 Å². The van der Waals surface area contributed by atoms with E-state index in [1.54, 1.807) is 31.2 Å². The molecule has 2 N–H and O–H groups in total. The molecule has 3 rings (SSSR count). The molecule has 0 atom stereocenters. The molecule has 1 aliphatic rings. The summed E-state index contributed by atoms with van der Waals surface area (Å²) in [6.45, 7) is 6.99. The molecular formula is C24H33N3O6S2. The van der Waals surface area contributed by atoms with Crippen molar-refractivity contribution in [2.24, 2.45) is 5.92 Å². The number of carbonyl (C=O) groups excluding carboxylic acids is 1. The average molecular weight is 524 g/mol. The van der Waals surface area contributed by atoms with Crippen LogP contribution in [-0.4, -0.2) is 53.3 Å². The molecule has 0 aromatic heterocycles. The Kier molecular flexibility index (Phi) is 8.92. The summed E-state index contributed by atoms with van der Waals surface area (Å²) in [6, 6.07) is 11.0. The highest BCUT2D eigenvalue weighted by molar-refractivity contribution is 7.89. The van der Waals surface area contributed by atoms with Crippen molar-refractivity contribution in [2.75, 3.05) is 26.2 Å². The zero-order chi connectivity index (χ0) is 25.6. The van der Waals surface area contributed by atoms with Crippen molar-refractivity contribution in [1.82, 2.24) is 14.3 Å². The van der Waals surface area contributed by atoms with E-state index in [4.69, 9.17) is 4.74 Å². The van der Waals surface area contributed by atoms with Gasteiger partial charge in [0, 0.05) is 26.2 Å². The summed E-state index contributed by atoms with van der Waals surface area (Å²) >= 11 is 0. The molecule has 11 heteroatoms. The van der Waals surface area contributed by atoms with Crippen molar-refractivity contribution in [3.8, 4) is 5.75 Å². The van der Waals surface area contributed by atoms with Crippen LogP contribution < -0.4 is 14.8 Å². The molecule has 1 heterocycles. The van der Waals surface area contributed by atoms with Crippen LogP contribution >= 0.6 is 0 Å². The molecule has 1 fully saturated rings. The van der Waals surface area contributed by atoms with Crippen molar-refractivity contribution >= 4 is 26.0 Å². The van der Waals surface area contributed by atoms with Crippen LogP contribution in [0.3, 0.4) is 0 Å². The normalized spacial score (nSPS) is 14.9. The van der Waals surface area contributed by atoms with E-state index < -0.39 is 20.0 Å². The van der Waals surface area contributed by atoms with Gasteiger partial charge >= 0.3 is 0 Å². The van der Waals surface area contributed by atoms with Crippen LogP contribution in [0.4, 0.5) is 0 Å². The highest BCUT2D eigenvalue weighted by Crippen LogP contribution is 2.22. The number of benzene rings is 2. The molecule has 35 heavy (non-hydrogen) atoms. The number of aryl methyl sites for hydroxylation is 1. The number of nitrogens with one attached hydrogen (secondary N) is 2. The molecule has 0 spiro atoms. The Morgan fingerprint density at radius 3 is 2.23 bits per heavy atom. The highest BCUT2D eigenvalue weighted by atomic mass is 32.2. The Hall–Kier alpha value is -2.47. The highest BCUT2D eigenvalue weighted by Gasteiger charge is 2.26. The third-order valence-corrected chi connectivity index (χ3v) is 8.95. The Morgan fingerprint density at radius 2 is 1.63 bits per heavy atom. The second-order valence-corrected chi connectivity index (χ2v) is 12.7. The van der Waals surface area contributed by atoms with Gasteiger partial charge in [-0.05, 0) is 67.1 Å².